The van der Waals surface area contributed by atoms with Crippen LogP contribution in [0.15, 0.2) is 11.1 Å². The van der Waals surface area contributed by atoms with E-state index in [1.807, 2.05) is 11.8 Å². The van der Waals surface area contributed by atoms with Crippen LogP contribution < -0.4 is 5.32 Å². The molecule has 1 aliphatic rings. The molecule has 1 amide bonds. The summed E-state index contributed by atoms with van der Waals surface area (Å²) in [6.45, 7) is 6.69. The molecule has 0 unspecified atom stereocenters. The molecule has 1 rings (SSSR count). The van der Waals surface area contributed by atoms with Crippen molar-refractivity contribution in [2.24, 2.45) is 0 Å². The van der Waals surface area contributed by atoms with E-state index in [0.29, 0.717) is 13.2 Å². The van der Waals surface area contributed by atoms with Crippen LogP contribution >= 0.6 is 0 Å². The summed E-state index contributed by atoms with van der Waals surface area (Å²) in [5, 5.41) is 3.18. The minimum Gasteiger partial charge on any atom is -0.383 e. The zero-order chi connectivity index (χ0) is 14.3. The van der Waals surface area contributed by atoms with Crippen LogP contribution in [0.4, 0.5) is 0 Å². The van der Waals surface area contributed by atoms with E-state index in [-0.39, 0.29) is 5.91 Å². The number of hydrogen-bond donors (Lipinski definition) is 1. The van der Waals surface area contributed by atoms with Crippen LogP contribution in [0.1, 0.15) is 13.3 Å². The van der Waals surface area contributed by atoms with E-state index >= 15 is 0 Å². The molecule has 0 saturated carbocycles. The standard InChI is InChI=1S/C14H27N3O2/c1-12(13-10-15-11-13)14(18)17(8-9-19-4)7-5-6-16(2)3/h15H,5-11H2,1-4H3. The number of nitrogens with one attached hydrogen (secondary N) is 1. The van der Waals surface area contributed by atoms with Gasteiger partial charge in [-0.25, -0.2) is 0 Å². The molecule has 0 aromatic heterocycles. The number of ether oxygens (including phenoxy) is 1. The second-order valence-electron chi connectivity index (χ2n) is 5.27. The molecule has 19 heavy (non-hydrogen) atoms. The first kappa shape index (κ1) is 16.1. The molecule has 110 valence electrons. The van der Waals surface area contributed by atoms with Crippen LogP contribution in [0, 0.1) is 0 Å². The zero-order valence-corrected chi connectivity index (χ0v) is 12.7. The van der Waals surface area contributed by atoms with Crippen molar-refractivity contribution in [2.75, 3.05) is 60.5 Å². The Labute approximate surface area is 116 Å². The average molecular weight is 269 g/mol. The van der Waals surface area contributed by atoms with Gasteiger partial charge in [-0.1, -0.05) is 0 Å². The minimum atomic E-state index is 0.160. The van der Waals surface area contributed by atoms with E-state index in [1.165, 1.54) is 5.57 Å². The maximum absolute atomic E-state index is 12.4. The highest BCUT2D eigenvalue weighted by atomic mass is 16.5. The Bertz CT molecular complexity index is 321. The van der Waals surface area contributed by atoms with Gasteiger partial charge in [-0.3, -0.25) is 4.79 Å². The van der Waals surface area contributed by atoms with Crippen LogP contribution in [-0.4, -0.2) is 76.2 Å². The third-order valence-corrected chi connectivity index (χ3v) is 3.41. The van der Waals surface area contributed by atoms with Crippen molar-refractivity contribution < 1.29 is 9.53 Å². The number of nitrogens with zero attached hydrogens (tertiary/aromatic N) is 2. The number of methoxy groups -OCH3 is 1. The first-order valence-electron chi connectivity index (χ1n) is 6.88. The number of rotatable bonds is 8. The summed E-state index contributed by atoms with van der Waals surface area (Å²) in [5.41, 5.74) is 2.14. The second-order valence-corrected chi connectivity index (χ2v) is 5.27. The van der Waals surface area contributed by atoms with Gasteiger partial charge < -0.3 is 19.9 Å². The maximum atomic E-state index is 12.4. The Hall–Kier alpha value is -0.910. The van der Waals surface area contributed by atoms with Crippen LogP contribution in [0.5, 0.6) is 0 Å². The van der Waals surface area contributed by atoms with Gasteiger partial charge in [0, 0.05) is 38.9 Å². The average Bonchev–Trinajstić information content (AvgIpc) is 2.30. The van der Waals surface area contributed by atoms with Gasteiger partial charge in [0.05, 0.1) is 6.61 Å². The van der Waals surface area contributed by atoms with Crippen LogP contribution in [0.25, 0.3) is 0 Å². The first-order valence-corrected chi connectivity index (χ1v) is 6.88. The predicted octanol–water partition coefficient (Wildman–Crippen LogP) is 0.333. The summed E-state index contributed by atoms with van der Waals surface area (Å²) >= 11 is 0. The van der Waals surface area contributed by atoms with Crippen LogP contribution in [-0.2, 0) is 9.53 Å². The number of carbonyl (C=O) groups is 1. The fraction of sp³-hybridized carbons (Fsp3) is 0.786. The van der Waals surface area contributed by atoms with Crippen LogP contribution in [0.2, 0.25) is 0 Å². The monoisotopic (exact) mass is 269 g/mol. The van der Waals surface area contributed by atoms with Gasteiger partial charge in [-0.05, 0) is 39.6 Å². The van der Waals surface area contributed by atoms with Gasteiger partial charge in [0.15, 0.2) is 0 Å². The largest absolute Gasteiger partial charge is 0.383 e. The van der Waals surface area contributed by atoms with E-state index in [2.05, 4.69) is 24.3 Å². The molecule has 5 nitrogen and oxygen atoms in total. The number of hydrogen-bond acceptors (Lipinski definition) is 4. The molecule has 5 heteroatoms. The Kier molecular flexibility index (Phi) is 7.05. The van der Waals surface area contributed by atoms with E-state index in [4.69, 9.17) is 4.74 Å². The first-order chi connectivity index (χ1) is 9.06. The van der Waals surface area contributed by atoms with Crippen molar-refractivity contribution in [1.82, 2.24) is 15.1 Å². The lowest BCUT2D eigenvalue weighted by Gasteiger charge is -2.27. The SMILES string of the molecule is COCCN(CCCN(C)C)C(=O)C(C)=C1CNC1. The van der Waals surface area contributed by atoms with Gasteiger partial charge in [0.2, 0.25) is 5.91 Å². The number of carbonyl (C=O) groups excluding carboxylic acids is 1. The fourth-order valence-electron chi connectivity index (χ4n) is 2.00. The highest BCUT2D eigenvalue weighted by Crippen LogP contribution is 2.12. The molecule has 1 aliphatic heterocycles. The maximum Gasteiger partial charge on any atom is 0.249 e. The molecule has 0 aromatic carbocycles. The quantitative estimate of drug-likeness (QED) is 0.645. The molecule has 0 aliphatic carbocycles. The van der Waals surface area contributed by atoms with E-state index < -0.39 is 0 Å². The van der Waals surface area contributed by atoms with E-state index in [9.17, 15) is 4.79 Å². The molecule has 1 saturated heterocycles. The van der Waals surface area contributed by atoms with Gasteiger partial charge in [0.1, 0.15) is 0 Å². The molecular weight excluding hydrogens is 242 g/mol. The van der Waals surface area contributed by atoms with Crippen molar-refractivity contribution in [3.63, 3.8) is 0 Å². The number of amides is 1. The Balaban J connectivity index is 2.53. The van der Waals surface area contributed by atoms with Crippen molar-refractivity contribution in [3.05, 3.63) is 11.1 Å². The molecule has 1 fully saturated rings. The van der Waals surface area contributed by atoms with Gasteiger partial charge in [-0.2, -0.15) is 0 Å². The van der Waals surface area contributed by atoms with Crippen LogP contribution in [0.3, 0.4) is 0 Å². The fourth-order valence-corrected chi connectivity index (χ4v) is 2.00. The second kappa shape index (κ2) is 8.30. The highest BCUT2D eigenvalue weighted by molar-refractivity contribution is 5.94. The topological polar surface area (TPSA) is 44.8 Å². The molecule has 1 heterocycles. The summed E-state index contributed by atoms with van der Waals surface area (Å²) in [4.78, 5) is 16.5. The van der Waals surface area contributed by atoms with Crippen molar-refractivity contribution >= 4 is 5.91 Å². The van der Waals surface area contributed by atoms with Gasteiger partial charge in [0.25, 0.3) is 0 Å². The summed E-state index contributed by atoms with van der Waals surface area (Å²) < 4.78 is 5.10. The van der Waals surface area contributed by atoms with Crippen molar-refractivity contribution in [3.8, 4) is 0 Å². The lowest BCUT2D eigenvalue weighted by molar-refractivity contribution is -0.127. The lowest BCUT2D eigenvalue weighted by atomic mass is 10.0. The third-order valence-electron chi connectivity index (χ3n) is 3.41. The lowest BCUT2D eigenvalue weighted by Crippen LogP contribution is -2.41. The summed E-state index contributed by atoms with van der Waals surface area (Å²) in [6.07, 6.45) is 0.989. The normalized spacial score (nSPS) is 14.5. The van der Waals surface area contributed by atoms with Gasteiger partial charge in [-0.15, -0.1) is 0 Å². The summed E-state index contributed by atoms with van der Waals surface area (Å²) in [6, 6.07) is 0. The molecule has 0 spiro atoms. The summed E-state index contributed by atoms with van der Waals surface area (Å²) in [5.74, 6) is 0.160. The Morgan fingerprint density at radius 1 is 1.26 bits per heavy atom. The molecule has 0 atom stereocenters. The molecule has 0 radical (unpaired) electrons. The van der Waals surface area contributed by atoms with E-state index in [0.717, 1.165) is 38.2 Å². The summed E-state index contributed by atoms with van der Waals surface area (Å²) in [7, 11) is 5.77. The Morgan fingerprint density at radius 3 is 2.42 bits per heavy atom. The van der Waals surface area contributed by atoms with E-state index in [1.54, 1.807) is 7.11 Å². The molecule has 0 bridgehead atoms. The molecule has 0 aromatic rings. The van der Waals surface area contributed by atoms with Crippen molar-refractivity contribution in [2.45, 2.75) is 13.3 Å². The molecule has 1 N–H and O–H groups in total. The smallest absolute Gasteiger partial charge is 0.249 e. The zero-order valence-electron chi connectivity index (χ0n) is 12.7. The Morgan fingerprint density at radius 2 is 1.95 bits per heavy atom. The third kappa shape index (κ3) is 5.30. The predicted molar refractivity (Wildman–Crippen MR) is 77.2 cm³/mol. The molecular formula is C14H27N3O2. The minimum absolute atomic E-state index is 0.160. The highest BCUT2D eigenvalue weighted by Gasteiger charge is 2.20. The van der Waals surface area contributed by atoms with Gasteiger partial charge >= 0.3 is 0 Å². The van der Waals surface area contributed by atoms with Crippen molar-refractivity contribution in [1.29, 1.82) is 0 Å².